The van der Waals surface area contributed by atoms with Crippen molar-refractivity contribution in [2.75, 3.05) is 27.2 Å². The zero-order valence-corrected chi connectivity index (χ0v) is 13.9. The molecule has 0 spiro atoms. The molecular weight excluding hydrogens is 278 g/mol. The lowest BCUT2D eigenvalue weighted by molar-refractivity contribution is -1.08. The Morgan fingerprint density at radius 3 is 1.71 bits per heavy atom. The summed E-state index contributed by atoms with van der Waals surface area (Å²) >= 11 is 0. The molecule has 0 rings (SSSR count). The highest BCUT2D eigenvalue weighted by Crippen LogP contribution is 2.10. The normalized spacial score (nSPS) is 11.3. The number of nitrogens with zero attached hydrogens (tertiary/aromatic N) is 1. The molecule has 17 heavy (non-hydrogen) atoms. The molecule has 0 saturated carbocycles. The van der Waals surface area contributed by atoms with Crippen molar-refractivity contribution in [3.05, 3.63) is 0 Å². The van der Waals surface area contributed by atoms with Gasteiger partial charge in [-0.2, -0.15) is 4.65 Å². The fourth-order valence-corrected chi connectivity index (χ4v) is 2.04. The van der Waals surface area contributed by atoms with E-state index in [4.69, 9.17) is 4.84 Å². The molecule has 106 valence electrons. The topological polar surface area (TPSA) is 9.23 Å². The summed E-state index contributed by atoms with van der Waals surface area (Å²) < 4.78 is 0.715. The Kier molecular flexibility index (Phi) is 14.9. The second kappa shape index (κ2) is 12.8. The van der Waals surface area contributed by atoms with Gasteiger partial charge in [0, 0.05) is 0 Å². The minimum absolute atomic E-state index is 0. The molecule has 0 bridgehead atoms. The summed E-state index contributed by atoms with van der Waals surface area (Å²) in [7, 11) is 4.29. The Bertz CT molecular complexity index is 151. The maximum atomic E-state index is 5.63. The molecule has 0 aromatic heterocycles. The van der Waals surface area contributed by atoms with Crippen molar-refractivity contribution in [1.29, 1.82) is 0 Å². The van der Waals surface area contributed by atoms with E-state index in [9.17, 15) is 0 Å². The van der Waals surface area contributed by atoms with Gasteiger partial charge >= 0.3 is 0 Å². The Labute approximate surface area is 119 Å². The average molecular weight is 310 g/mol. The highest BCUT2D eigenvalue weighted by Gasteiger charge is 2.14. The van der Waals surface area contributed by atoms with Gasteiger partial charge in [0.1, 0.15) is 13.2 Å². The molecular formula is C14H32BrNO. The monoisotopic (exact) mass is 309 g/mol. The molecule has 0 N–H and O–H groups in total. The van der Waals surface area contributed by atoms with E-state index in [2.05, 4.69) is 27.9 Å². The molecule has 0 radical (unpaired) electrons. The summed E-state index contributed by atoms with van der Waals surface area (Å²) in [4.78, 5) is 5.63. The van der Waals surface area contributed by atoms with E-state index in [1.807, 2.05) is 0 Å². The first-order chi connectivity index (χ1) is 7.62. The fraction of sp³-hybridized carbons (Fsp3) is 1.00. The van der Waals surface area contributed by atoms with E-state index in [-0.39, 0.29) is 17.0 Å². The number of halogens is 1. The Morgan fingerprint density at radius 1 is 0.765 bits per heavy atom. The second-order valence-electron chi connectivity index (χ2n) is 5.19. The van der Waals surface area contributed by atoms with Gasteiger partial charge in [-0.25, -0.2) is 4.84 Å². The van der Waals surface area contributed by atoms with Crippen molar-refractivity contribution in [3.8, 4) is 0 Å². The average Bonchev–Trinajstić information content (AvgIpc) is 2.22. The third kappa shape index (κ3) is 14.3. The third-order valence-corrected chi connectivity index (χ3v) is 3.03. The predicted octanol–water partition coefficient (Wildman–Crippen LogP) is 1.16. The van der Waals surface area contributed by atoms with E-state index in [1.165, 1.54) is 51.4 Å². The molecule has 2 nitrogen and oxygen atoms in total. The summed E-state index contributed by atoms with van der Waals surface area (Å²) in [5, 5.41) is 0. The van der Waals surface area contributed by atoms with Gasteiger partial charge in [-0.3, -0.25) is 0 Å². The van der Waals surface area contributed by atoms with Crippen molar-refractivity contribution < 1.29 is 26.5 Å². The zero-order chi connectivity index (χ0) is 12.3. The smallest absolute Gasteiger partial charge is 0.108 e. The molecule has 0 heterocycles. The van der Waals surface area contributed by atoms with Crippen LogP contribution in [0.4, 0.5) is 0 Å². The van der Waals surface area contributed by atoms with Gasteiger partial charge < -0.3 is 17.0 Å². The standard InChI is InChI=1S/C14H32NO.BrH/c1-5-7-8-9-10-11-12-13-14-15(3,4)16-6-2;/h5-14H2,1-4H3;1H/q+1;/p-1. The van der Waals surface area contributed by atoms with Crippen LogP contribution in [-0.4, -0.2) is 31.9 Å². The third-order valence-electron chi connectivity index (χ3n) is 3.03. The van der Waals surface area contributed by atoms with Crippen LogP contribution >= 0.6 is 0 Å². The van der Waals surface area contributed by atoms with Gasteiger partial charge in [0.25, 0.3) is 0 Å². The van der Waals surface area contributed by atoms with Crippen LogP contribution in [0, 0.1) is 0 Å². The molecule has 0 fully saturated rings. The molecule has 0 aromatic carbocycles. The second-order valence-corrected chi connectivity index (χ2v) is 5.19. The largest absolute Gasteiger partial charge is 1.00 e. The molecule has 0 amide bonds. The summed E-state index contributed by atoms with van der Waals surface area (Å²) in [6.07, 6.45) is 11.1. The lowest BCUT2D eigenvalue weighted by Gasteiger charge is -2.26. The SMILES string of the molecule is CCCCCCCCCC[N+](C)(C)OCC.[Br-]. The molecule has 0 aromatic rings. The molecule has 0 atom stereocenters. The Morgan fingerprint density at radius 2 is 1.24 bits per heavy atom. The van der Waals surface area contributed by atoms with Gasteiger partial charge in [0.2, 0.25) is 0 Å². The fourth-order valence-electron chi connectivity index (χ4n) is 2.04. The van der Waals surface area contributed by atoms with Gasteiger partial charge in [0.05, 0.1) is 14.1 Å². The highest BCUT2D eigenvalue weighted by molar-refractivity contribution is 4.45. The Balaban J connectivity index is 0. The van der Waals surface area contributed by atoms with E-state index in [0.29, 0.717) is 4.65 Å². The van der Waals surface area contributed by atoms with Crippen LogP contribution < -0.4 is 17.0 Å². The molecule has 0 saturated heterocycles. The van der Waals surface area contributed by atoms with Crippen molar-refractivity contribution in [1.82, 2.24) is 0 Å². The van der Waals surface area contributed by atoms with Crippen molar-refractivity contribution in [2.24, 2.45) is 0 Å². The molecule has 0 aliphatic carbocycles. The van der Waals surface area contributed by atoms with Gasteiger partial charge in [-0.05, 0) is 19.8 Å². The first-order valence-corrected chi connectivity index (χ1v) is 7.10. The van der Waals surface area contributed by atoms with Crippen LogP contribution in [0.2, 0.25) is 0 Å². The van der Waals surface area contributed by atoms with Crippen LogP contribution in [0.25, 0.3) is 0 Å². The zero-order valence-electron chi connectivity index (χ0n) is 12.3. The number of hydroxylamine groups is 3. The summed E-state index contributed by atoms with van der Waals surface area (Å²) in [5.74, 6) is 0. The molecule has 0 aliphatic rings. The first-order valence-electron chi connectivity index (χ1n) is 7.10. The van der Waals surface area contributed by atoms with Crippen molar-refractivity contribution in [2.45, 2.75) is 65.2 Å². The lowest BCUT2D eigenvalue weighted by atomic mass is 10.1. The number of quaternary nitrogens is 1. The van der Waals surface area contributed by atoms with E-state index < -0.39 is 0 Å². The maximum Gasteiger partial charge on any atom is 0.108 e. The van der Waals surface area contributed by atoms with Gasteiger partial charge in [0.15, 0.2) is 0 Å². The van der Waals surface area contributed by atoms with E-state index in [0.717, 1.165) is 13.2 Å². The van der Waals surface area contributed by atoms with E-state index in [1.54, 1.807) is 0 Å². The highest BCUT2D eigenvalue weighted by atomic mass is 79.9. The van der Waals surface area contributed by atoms with E-state index >= 15 is 0 Å². The van der Waals surface area contributed by atoms with Gasteiger partial charge in [-0.1, -0.05) is 45.4 Å². The van der Waals surface area contributed by atoms with Crippen LogP contribution in [0.1, 0.15) is 65.2 Å². The summed E-state index contributed by atoms with van der Waals surface area (Å²) in [5.41, 5.74) is 0. The molecule has 0 unspecified atom stereocenters. The minimum atomic E-state index is 0. The van der Waals surface area contributed by atoms with Crippen LogP contribution in [-0.2, 0) is 4.84 Å². The maximum absolute atomic E-state index is 5.63. The summed E-state index contributed by atoms with van der Waals surface area (Å²) in [6, 6.07) is 0. The van der Waals surface area contributed by atoms with Crippen molar-refractivity contribution in [3.63, 3.8) is 0 Å². The Hall–Kier alpha value is 0.400. The molecule has 0 aliphatic heterocycles. The summed E-state index contributed by atoms with van der Waals surface area (Å²) in [6.45, 7) is 6.29. The number of unbranched alkanes of at least 4 members (excludes halogenated alkanes) is 7. The first kappa shape index (κ1) is 19.7. The predicted molar refractivity (Wildman–Crippen MR) is 71.2 cm³/mol. The number of rotatable bonds is 11. The number of hydrogen-bond acceptors (Lipinski definition) is 1. The van der Waals surface area contributed by atoms with Crippen molar-refractivity contribution >= 4 is 0 Å². The quantitative estimate of drug-likeness (QED) is 0.316. The van der Waals surface area contributed by atoms with Crippen LogP contribution in [0.15, 0.2) is 0 Å². The lowest BCUT2D eigenvalue weighted by Crippen LogP contribution is -3.00. The molecule has 3 heteroatoms. The van der Waals surface area contributed by atoms with Crippen LogP contribution in [0.3, 0.4) is 0 Å². The number of hydrogen-bond donors (Lipinski definition) is 0. The van der Waals surface area contributed by atoms with Crippen LogP contribution in [0.5, 0.6) is 0 Å². The minimum Gasteiger partial charge on any atom is -1.00 e. The van der Waals surface area contributed by atoms with Gasteiger partial charge in [-0.15, -0.1) is 0 Å².